The van der Waals surface area contributed by atoms with Crippen LogP contribution in [0.2, 0.25) is 0 Å². The Morgan fingerprint density at radius 2 is 2.36 bits per heavy atom. The van der Waals surface area contributed by atoms with Crippen LogP contribution in [0, 0.1) is 6.92 Å². The van der Waals surface area contributed by atoms with Crippen LogP contribution in [0.15, 0.2) is 0 Å². The van der Waals surface area contributed by atoms with Gasteiger partial charge in [0.2, 0.25) is 11.0 Å². The molecule has 0 aromatic carbocycles. The maximum absolute atomic E-state index is 10.4. The van der Waals surface area contributed by atoms with Gasteiger partial charge in [-0.1, -0.05) is 0 Å². The lowest BCUT2D eigenvalue weighted by Crippen LogP contribution is -2.10. The molecular formula is C8H14N4OS. The summed E-state index contributed by atoms with van der Waals surface area (Å²) < 4.78 is 4.04. The molecule has 1 aromatic rings. The van der Waals surface area contributed by atoms with E-state index in [1.165, 1.54) is 11.5 Å². The lowest BCUT2D eigenvalue weighted by molar-refractivity contribution is -0.118. The second-order valence-corrected chi connectivity index (χ2v) is 3.75. The SMILES string of the molecule is Cc1nsc(NCCCCC(N)=O)n1. The Labute approximate surface area is 86.9 Å². The number of hydrogen-bond acceptors (Lipinski definition) is 5. The van der Waals surface area contributed by atoms with E-state index < -0.39 is 0 Å². The average Bonchev–Trinajstić information content (AvgIpc) is 2.50. The predicted octanol–water partition coefficient (Wildman–Crippen LogP) is 0.914. The molecule has 0 aliphatic carbocycles. The van der Waals surface area contributed by atoms with Crippen molar-refractivity contribution in [2.24, 2.45) is 5.73 Å². The third kappa shape index (κ3) is 4.18. The van der Waals surface area contributed by atoms with E-state index >= 15 is 0 Å². The van der Waals surface area contributed by atoms with E-state index in [2.05, 4.69) is 14.7 Å². The number of aromatic nitrogens is 2. The van der Waals surface area contributed by atoms with Crippen molar-refractivity contribution in [3.63, 3.8) is 0 Å². The van der Waals surface area contributed by atoms with Crippen LogP contribution < -0.4 is 11.1 Å². The van der Waals surface area contributed by atoms with Crippen molar-refractivity contribution in [3.05, 3.63) is 5.82 Å². The average molecular weight is 214 g/mol. The van der Waals surface area contributed by atoms with E-state index in [9.17, 15) is 4.79 Å². The van der Waals surface area contributed by atoms with Crippen LogP contribution in [0.1, 0.15) is 25.1 Å². The fourth-order valence-electron chi connectivity index (χ4n) is 0.988. The van der Waals surface area contributed by atoms with Gasteiger partial charge < -0.3 is 11.1 Å². The Kier molecular flexibility index (Phi) is 4.31. The first-order valence-corrected chi connectivity index (χ1v) is 5.28. The summed E-state index contributed by atoms with van der Waals surface area (Å²) in [6.45, 7) is 2.66. The number of unbranched alkanes of at least 4 members (excludes halogenated alkanes) is 1. The van der Waals surface area contributed by atoms with Crippen LogP contribution in [0.25, 0.3) is 0 Å². The van der Waals surface area contributed by atoms with Crippen molar-refractivity contribution in [2.45, 2.75) is 26.2 Å². The first kappa shape index (κ1) is 10.9. The monoisotopic (exact) mass is 214 g/mol. The highest BCUT2D eigenvalue weighted by Gasteiger charge is 1.98. The molecule has 0 spiro atoms. The summed E-state index contributed by atoms with van der Waals surface area (Å²) >= 11 is 1.35. The highest BCUT2D eigenvalue weighted by molar-refractivity contribution is 7.09. The summed E-state index contributed by atoms with van der Waals surface area (Å²) in [5.74, 6) is 0.548. The van der Waals surface area contributed by atoms with Gasteiger partial charge in [0.25, 0.3) is 0 Å². The Bertz CT molecular complexity index is 299. The van der Waals surface area contributed by atoms with Gasteiger partial charge in [-0.05, 0) is 19.8 Å². The molecule has 1 amide bonds. The van der Waals surface area contributed by atoms with Crippen molar-refractivity contribution >= 4 is 22.6 Å². The second kappa shape index (κ2) is 5.54. The Hall–Kier alpha value is -1.17. The topological polar surface area (TPSA) is 80.9 Å². The summed E-state index contributed by atoms with van der Waals surface area (Å²) in [6.07, 6.45) is 2.19. The number of nitrogens with two attached hydrogens (primary N) is 1. The van der Waals surface area contributed by atoms with Gasteiger partial charge in [0, 0.05) is 24.5 Å². The number of nitrogens with one attached hydrogen (secondary N) is 1. The zero-order chi connectivity index (χ0) is 10.4. The third-order valence-electron chi connectivity index (χ3n) is 1.65. The number of nitrogens with zero attached hydrogens (tertiary/aromatic N) is 2. The standard InChI is InChI=1S/C8H14N4OS/c1-6-11-8(14-12-6)10-5-3-2-4-7(9)13/h2-5H2,1H3,(H2,9,13)(H,10,11,12). The third-order valence-corrected chi connectivity index (χ3v) is 2.42. The van der Waals surface area contributed by atoms with Gasteiger partial charge in [0.1, 0.15) is 5.82 Å². The van der Waals surface area contributed by atoms with E-state index in [-0.39, 0.29) is 5.91 Å². The number of carbonyl (C=O) groups excluding carboxylic acids is 1. The largest absolute Gasteiger partial charge is 0.370 e. The molecular weight excluding hydrogens is 200 g/mol. The van der Waals surface area contributed by atoms with E-state index in [0.717, 1.165) is 30.3 Å². The molecule has 0 saturated heterocycles. The maximum Gasteiger partial charge on any atom is 0.217 e. The minimum atomic E-state index is -0.239. The highest BCUT2D eigenvalue weighted by atomic mass is 32.1. The molecule has 0 atom stereocenters. The van der Waals surface area contributed by atoms with Crippen LogP contribution in [-0.2, 0) is 4.79 Å². The molecule has 1 heterocycles. The van der Waals surface area contributed by atoms with Crippen molar-refractivity contribution in [1.82, 2.24) is 9.36 Å². The van der Waals surface area contributed by atoms with Gasteiger partial charge in [0.05, 0.1) is 0 Å². The molecule has 0 saturated carbocycles. The molecule has 6 heteroatoms. The van der Waals surface area contributed by atoms with Gasteiger partial charge >= 0.3 is 0 Å². The molecule has 0 aliphatic rings. The van der Waals surface area contributed by atoms with Crippen LogP contribution in [-0.4, -0.2) is 21.8 Å². The first-order valence-electron chi connectivity index (χ1n) is 4.51. The minimum absolute atomic E-state index is 0.239. The van der Waals surface area contributed by atoms with E-state index in [1.54, 1.807) is 0 Å². The molecule has 0 radical (unpaired) electrons. The molecule has 0 unspecified atom stereocenters. The van der Waals surface area contributed by atoms with E-state index in [1.807, 2.05) is 6.92 Å². The molecule has 1 aromatic heterocycles. The summed E-state index contributed by atoms with van der Waals surface area (Å²) in [4.78, 5) is 14.6. The van der Waals surface area contributed by atoms with E-state index in [0.29, 0.717) is 6.42 Å². The predicted molar refractivity (Wildman–Crippen MR) is 56.2 cm³/mol. The van der Waals surface area contributed by atoms with Crippen LogP contribution >= 0.6 is 11.5 Å². The minimum Gasteiger partial charge on any atom is -0.370 e. The lowest BCUT2D eigenvalue weighted by Gasteiger charge is -1.99. The number of amides is 1. The normalized spacial score (nSPS) is 10.1. The van der Waals surface area contributed by atoms with Gasteiger partial charge in [-0.3, -0.25) is 4.79 Å². The molecule has 0 fully saturated rings. The Morgan fingerprint density at radius 3 is 2.93 bits per heavy atom. The quantitative estimate of drug-likeness (QED) is 0.690. The lowest BCUT2D eigenvalue weighted by atomic mass is 10.2. The first-order chi connectivity index (χ1) is 6.68. The molecule has 5 nitrogen and oxygen atoms in total. The van der Waals surface area contributed by atoms with Crippen molar-refractivity contribution < 1.29 is 4.79 Å². The molecule has 1 rings (SSSR count). The Balaban J connectivity index is 2.07. The smallest absolute Gasteiger partial charge is 0.217 e. The summed E-state index contributed by atoms with van der Waals surface area (Å²) in [7, 11) is 0. The number of anilines is 1. The summed E-state index contributed by atoms with van der Waals surface area (Å²) in [5.41, 5.74) is 5.01. The van der Waals surface area contributed by atoms with Gasteiger partial charge in [-0.2, -0.15) is 4.37 Å². The zero-order valence-electron chi connectivity index (χ0n) is 8.12. The highest BCUT2D eigenvalue weighted by Crippen LogP contribution is 2.09. The molecule has 0 aliphatic heterocycles. The molecule has 0 bridgehead atoms. The number of aryl methyl sites for hydroxylation is 1. The number of carbonyl (C=O) groups is 1. The maximum atomic E-state index is 10.4. The summed E-state index contributed by atoms with van der Waals surface area (Å²) in [5, 5.41) is 3.97. The van der Waals surface area contributed by atoms with Crippen molar-refractivity contribution in [1.29, 1.82) is 0 Å². The number of rotatable bonds is 6. The number of hydrogen-bond donors (Lipinski definition) is 2. The van der Waals surface area contributed by atoms with E-state index in [4.69, 9.17) is 5.73 Å². The van der Waals surface area contributed by atoms with Gasteiger partial charge in [-0.25, -0.2) is 4.98 Å². The fourth-order valence-corrected chi connectivity index (χ4v) is 1.59. The van der Waals surface area contributed by atoms with Crippen molar-refractivity contribution in [2.75, 3.05) is 11.9 Å². The van der Waals surface area contributed by atoms with Crippen LogP contribution in [0.4, 0.5) is 5.13 Å². The van der Waals surface area contributed by atoms with Crippen LogP contribution in [0.3, 0.4) is 0 Å². The molecule has 14 heavy (non-hydrogen) atoms. The molecule has 78 valence electrons. The Morgan fingerprint density at radius 1 is 1.57 bits per heavy atom. The van der Waals surface area contributed by atoms with Gasteiger partial charge in [0.15, 0.2) is 0 Å². The van der Waals surface area contributed by atoms with Gasteiger partial charge in [-0.15, -0.1) is 0 Å². The van der Waals surface area contributed by atoms with Crippen molar-refractivity contribution in [3.8, 4) is 0 Å². The van der Waals surface area contributed by atoms with Crippen LogP contribution in [0.5, 0.6) is 0 Å². The second-order valence-electron chi connectivity index (χ2n) is 3.00. The molecule has 3 N–H and O–H groups in total. The zero-order valence-corrected chi connectivity index (χ0v) is 8.93. The number of primary amides is 1. The summed E-state index contributed by atoms with van der Waals surface area (Å²) in [6, 6.07) is 0. The fraction of sp³-hybridized carbons (Fsp3) is 0.625.